The number of halogens is 1. The van der Waals surface area contributed by atoms with E-state index in [9.17, 15) is 34.7 Å². The molecule has 20 heteroatoms. The van der Waals surface area contributed by atoms with Gasteiger partial charge in [0.15, 0.2) is 11.2 Å². The zero-order chi connectivity index (χ0) is 37.2. The van der Waals surface area contributed by atoms with Crippen molar-refractivity contribution in [2.75, 3.05) is 61.5 Å². The number of carboxylic acids is 2. The maximum absolute atomic E-state index is 12.9. The number of para-hydroxylation sites is 1. The van der Waals surface area contributed by atoms with Gasteiger partial charge in [-0.15, -0.1) is 10.1 Å². The third-order valence-corrected chi connectivity index (χ3v) is 10.9. The van der Waals surface area contributed by atoms with Gasteiger partial charge < -0.3 is 40.1 Å². The van der Waals surface area contributed by atoms with E-state index in [1.165, 1.54) is 6.20 Å². The van der Waals surface area contributed by atoms with E-state index in [1.54, 1.807) is 25.1 Å². The average Bonchev–Trinajstić information content (AvgIpc) is 3.83. The number of thiazole rings is 1. The lowest BCUT2D eigenvalue weighted by Gasteiger charge is -2.39. The number of benzene rings is 1. The number of hydrogen-bond acceptors (Lipinski definition) is 15. The van der Waals surface area contributed by atoms with Crippen LogP contribution in [-0.4, -0.2) is 117 Å². The molecule has 1 amide bonds. The molecule has 0 aliphatic carbocycles. The van der Waals surface area contributed by atoms with Gasteiger partial charge in [0.05, 0.1) is 48.1 Å². The molecule has 3 aliphatic rings. The second-order valence-corrected chi connectivity index (χ2v) is 14.3. The molecular formula is C32H37ClN8O10S. The van der Waals surface area contributed by atoms with Crippen LogP contribution in [0.1, 0.15) is 33.9 Å². The zero-order valence-electron chi connectivity index (χ0n) is 28.2. The molecule has 1 unspecified atom stereocenters. The first-order valence-corrected chi connectivity index (χ1v) is 17.6. The fourth-order valence-corrected chi connectivity index (χ4v) is 7.99. The Morgan fingerprint density at radius 3 is 2.58 bits per heavy atom. The molecule has 1 aromatic carbocycles. The number of hydrogen-bond donors (Lipinski definition) is 4. The van der Waals surface area contributed by atoms with E-state index >= 15 is 0 Å². The topological polar surface area (TPSA) is 232 Å². The van der Waals surface area contributed by atoms with Crippen LogP contribution < -0.4 is 15.5 Å². The van der Waals surface area contributed by atoms with Crippen LogP contribution in [0.2, 0.25) is 5.02 Å². The van der Waals surface area contributed by atoms with Crippen molar-refractivity contribution >= 4 is 63.2 Å². The highest BCUT2D eigenvalue weighted by Crippen LogP contribution is 2.47. The van der Waals surface area contributed by atoms with Crippen molar-refractivity contribution in [3.63, 3.8) is 0 Å². The Hall–Kier alpha value is -4.69. The Labute approximate surface area is 306 Å². The molecule has 18 nitrogen and oxygen atoms in total. The first-order chi connectivity index (χ1) is 24.8. The molecular weight excluding hydrogens is 724 g/mol. The number of ether oxygens (including phenoxy) is 2. The monoisotopic (exact) mass is 760 g/mol. The van der Waals surface area contributed by atoms with Crippen LogP contribution in [0.25, 0.3) is 0 Å². The second-order valence-electron chi connectivity index (χ2n) is 12.9. The Kier molecular flexibility index (Phi) is 11.1. The molecule has 3 aliphatic heterocycles. The molecule has 4 N–H and O–H groups in total. The quantitative estimate of drug-likeness (QED) is 0.136. The summed E-state index contributed by atoms with van der Waals surface area (Å²) >= 11 is 7.42. The molecule has 3 aromatic rings. The predicted molar refractivity (Wildman–Crippen MR) is 187 cm³/mol. The molecule has 5 atom stereocenters. The van der Waals surface area contributed by atoms with E-state index in [-0.39, 0.29) is 25.5 Å². The van der Waals surface area contributed by atoms with Gasteiger partial charge in [0.1, 0.15) is 28.4 Å². The van der Waals surface area contributed by atoms with Gasteiger partial charge in [-0.25, -0.2) is 15.0 Å². The summed E-state index contributed by atoms with van der Waals surface area (Å²) < 4.78 is 11.4. The van der Waals surface area contributed by atoms with Crippen molar-refractivity contribution in [1.82, 2.24) is 19.9 Å². The van der Waals surface area contributed by atoms with E-state index in [2.05, 4.69) is 40.2 Å². The fraction of sp³-hybridized carbons (Fsp3) is 0.500. The first-order valence-electron chi connectivity index (χ1n) is 16.4. The number of piperazine rings is 1. The number of carbonyl (C=O) groups excluding carboxylic acids is 1. The third-order valence-electron chi connectivity index (χ3n) is 9.65. The summed E-state index contributed by atoms with van der Waals surface area (Å²) in [7, 11) is 0. The van der Waals surface area contributed by atoms with Gasteiger partial charge in [-0.2, -0.15) is 0 Å². The number of aliphatic carboxylic acids is 2. The number of rotatable bonds is 14. The highest BCUT2D eigenvalue weighted by Gasteiger charge is 2.59. The van der Waals surface area contributed by atoms with Gasteiger partial charge in [0.2, 0.25) is 0 Å². The molecule has 0 saturated carbocycles. The molecule has 0 radical (unpaired) electrons. The maximum atomic E-state index is 12.9. The number of amides is 1. The number of carbonyl (C=O) groups is 3. The van der Waals surface area contributed by atoms with Crippen LogP contribution >= 0.6 is 22.9 Å². The van der Waals surface area contributed by atoms with Gasteiger partial charge in [-0.05, 0) is 38.4 Å². The predicted octanol–water partition coefficient (Wildman–Crippen LogP) is 3.25. The zero-order valence-corrected chi connectivity index (χ0v) is 29.8. The van der Waals surface area contributed by atoms with Crippen LogP contribution in [-0.2, 0) is 23.9 Å². The summed E-state index contributed by atoms with van der Waals surface area (Å²) in [6, 6.07) is 7.15. The Morgan fingerprint density at radius 1 is 1.13 bits per heavy atom. The largest absolute Gasteiger partial charge is 0.481 e. The van der Waals surface area contributed by atoms with Crippen molar-refractivity contribution in [2.45, 2.75) is 45.0 Å². The molecule has 6 rings (SSSR count). The van der Waals surface area contributed by atoms with Crippen LogP contribution in [0.3, 0.4) is 0 Å². The van der Waals surface area contributed by atoms with E-state index in [0.29, 0.717) is 70.9 Å². The van der Waals surface area contributed by atoms with Crippen LogP contribution in [0.5, 0.6) is 0 Å². The van der Waals surface area contributed by atoms with Gasteiger partial charge >= 0.3 is 11.9 Å². The standard InChI is InChI=1S/C32H37ClN8O10S/c1-17-4-3-5-20(33)26(17)38-29(44)22-14-34-31(52-22)37-23-12-24(36-18(2)35-23)40-10-8-39(9-11-40)7-6-32(30(45)46,13-25(42)43)19-15-49-28-21(51-41(47)48)16-50-27(19)28/h3-5,12,14,19,21,27-28H,6-11,13,15-16H2,1-2H3,(H,38,44)(H,42,43)(H,45,46)(H,34,35,36,37)/t19-,21+,27-,28-,32?/m1/s1. The summed E-state index contributed by atoms with van der Waals surface area (Å²) in [6.45, 7) is 5.83. The minimum absolute atomic E-state index is 0.00248. The molecule has 2 aromatic heterocycles. The van der Waals surface area contributed by atoms with Crippen LogP contribution in [0.15, 0.2) is 30.5 Å². The van der Waals surface area contributed by atoms with Crippen molar-refractivity contribution in [2.24, 2.45) is 11.3 Å². The van der Waals surface area contributed by atoms with Crippen molar-refractivity contribution < 1.29 is 44.0 Å². The molecule has 3 saturated heterocycles. The third kappa shape index (κ3) is 8.02. The van der Waals surface area contributed by atoms with Crippen molar-refractivity contribution in [1.29, 1.82) is 0 Å². The van der Waals surface area contributed by atoms with E-state index < -0.39 is 53.1 Å². The summed E-state index contributed by atoms with van der Waals surface area (Å²) in [4.78, 5) is 71.3. The lowest BCUT2D eigenvalue weighted by atomic mass is 9.68. The highest BCUT2D eigenvalue weighted by atomic mass is 35.5. The van der Waals surface area contributed by atoms with E-state index in [0.717, 1.165) is 16.9 Å². The number of aryl methyl sites for hydroxylation is 2. The first kappa shape index (κ1) is 37.1. The van der Waals surface area contributed by atoms with Gasteiger partial charge in [0, 0.05) is 38.2 Å². The number of fused-ring (bicyclic) bond motifs is 1. The fourth-order valence-electron chi connectivity index (χ4n) is 7.00. The molecule has 0 bridgehead atoms. The van der Waals surface area contributed by atoms with Gasteiger partial charge in [-0.1, -0.05) is 35.1 Å². The van der Waals surface area contributed by atoms with E-state index in [1.807, 2.05) is 13.0 Å². The van der Waals surface area contributed by atoms with Gasteiger partial charge in [0.25, 0.3) is 11.0 Å². The molecule has 278 valence electrons. The molecule has 52 heavy (non-hydrogen) atoms. The smallest absolute Gasteiger partial charge is 0.310 e. The average molecular weight is 761 g/mol. The number of nitrogens with one attached hydrogen (secondary N) is 2. The van der Waals surface area contributed by atoms with Crippen molar-refractivity contribution in [3.8, 4) is 0 Å². The number of aromatic nitrogens is 3. The Bertz CT molecular complexity index is 1820. The van der Waals surface area contributed by atoms with Crippen LogP contribution in [0.4, 0.5) is 22.5 Å². The summed E-state index contributed by atoms with van der Waals surface area (Å²) in [6.07, 6.45) is -1.94. The summed E-state index contributed by atoms with van der Waals surface area (Å²) in [5, 5.41) is 37.1. The molecule has 3 fully saturated rings. The highest BCUT2D eigenvalue weighted by molar-refractivity contribution is 7.17. The second kappa shape index (κ2) is 15.5. The normalized spacial score (nSPS) is 22.7. The lowest BCUT2D eigenvalue weighted by Crippen LogP contribution is -2.51. The Balaban J connectivity index is 1.07. The van der Waals surface area contributed by atoms with Crippen LogP contribution in [0, 0.1) is 35.3 Å². The Morgan fingerprint density at radius 2 is 1.88 bits per heavy atom. The van der Waals surface area contributed by atoms with Crippen molar-refractivity contribution in [3.05, 3.63) is 61.9 Å². The minimum Gasteiger partial charge on any atom is -0.481 e. The lowest BCUT2D eigenvalue weighted by molar-refractivity contribution is -0.769. The number of nitrogens with zero attached hydrogens (tertiary/aromatic N) is 6. The molecule has 5 heterocycles. The van der Waals surface area contributed by atoms with E-state index in [4.69, 9.17) is 21.1 Å². The SMILES string of the molecule is Cc1nc(Nc2ncc(C(=O)Nc3c(C)cccc3Cl)s2)cc(N2CCN(CCC(CC(=O)O)(C(=O)O)[C@@H]3CO[C@H]4[C@@H]3OC[C@@H]4O[N+](=O)[O-])CC2)n1. The molecule has 0 spiro atoms. The maximum Gasteiger partial charge on any atom is 0.310 e. The number of carboxylic acid groups (broad SMARTS) is 2. The number of anilines is 4. The minimum atomic E-state index is -1.74. The summed E-state index contributed by atoms with van der Waals surface area (Å²) in [5.74, 6) is -2.08. The van der Waals surface area contributed by atoms with Gasteiger partial charge in [-0.3, -0.25) is 19.3 Å². The summed E-state index contributed by atoms with van der Waals surface area (Å²) in [5.41, 5.74) is -0.366.